The van der Waals surface area contributed by atoms with E-state index in [0.717, 1.165) is 5.39 Å². The van der Waals surface area contributed by atoms with Crippen LogP contribution >= 0.6 is 0 Å². The van der Waals surface area contributed by atoms with Gasteiger partial charge in [0.1, 0.15) is 17.6 Å². The number of fused-ring (bicyclic) bond motifs is 1. The number of carbonyl (C=O) groups is 1. The maximum atomic E-state index is 12.9. The normalized spacial score (nSPS) is 13.0. The largest absolute Gasteiger partial charge is 0.493 e. The number of amides is 1. The Morgan fingerprint density at radius 1 is 1.10 bits per heavy atom. The van der Waals surface area contributed by atoms with Crippen LogP contribution in [0, 0.1) is 17.2 Å². The van der Waals surface area contributed by atoms with Crippen LogP contribution in [0.15, 0.2) is 52.9 Å². The summed E-state index contributed by atoms with van der Waals surface area (Å²) in [5.74, 6) is 1.30. The third kappa shape index (κ3) is 4.35. The maximum Gasteiger partial charge on any atom is 0.261 e. The summed E-state index contributed by atoms with van der Waals surface area (Å²) in [6.07, 6.45) is -0.745. The molecule has 1 amide bonds. The number of benzene rings is 2. The molecule has 1 N–H and O–H groups in total. The zero-order chi connectivity index (χ0) is 21.0. The first-order valence-electron chi connectivity index (χ1n) is 9.47. The highest BCUT2D eigenvalue weighted by atomic mass is 16.5. The molecule has 0 aliphatic heterocycles. The quantitative estimate of drug-likeness (QED) is 0.635. The van der Waals surface area contributed by atoms with Gasteiger partial charge in [0.2, 0.25) is 0 Å². The van der Waals surface area contributed by atoms with Crippen LogP contribution in [0.5, 0.6) is 11.5 Å². The summed E-state index contributed by atoms with van der Waals surface area (Å²) in [5.41, 5.74) is 1.04. The van der Waals surface area contributed by atoms with Gasteiger partial charge in [0, 0.05) is 5.39 Å². The highest BCUT2D eigenvalue weighted by molar-refractivity contribution is 5.85. The van der Waals surface area contributed by atoms with E-state index in [0.29, 0.717) is 28.4 Å². The Morgan fingerprint density at radius 3 is 2.52 bits per heavy atom. The van der Waals surface area contributed by atoms with Gasteiger partial charge >= 0.3 is 0 Å². The molecule has 0 spiro atoms. The predicted molar refractivity (Wildman–Crippen MR) is 110 cm³/mol. The average Bonchev–Trinajstić information content (AvgIpc) is 3.16. The van der Waals surface area contributed by atoms with Crippen molar-refractivity contribution >= 4 is 16.9 Å². The van der Waals surface area contributed by atoms with Crippen LogP contribution < -0.4 is 14.8 Å². The molecule has 1 heterocycles. The minimum Gasteiger partial charge on any atom is -0.493 e. The third-order valence-electron chi connectivity index (χ3n) is 4.66. The third-order valence-corrected chi connectivity index (χ3v) is 4.66. The number of hydrogen-bond donors (Lipinski definition) is 1. The fraction of sp³-hybridized carbons (Fsp3) is 0.304. The van der Waals surface area contributed by atoms with Crippen LogP contribution in [-0.2, 0) is 4.79 Å². The molecule has 0 aliphatic rings. The molecule has 3 rings (SSSR count). The Bertz CT molecular complexity index is 1050. The second-order valence-corrected chi connectivity index (χ2v) is 7.15. The van der Waals surface area contributed by atoms with Crippen molar-refractivity contribution < 1.29 is 18.7 Å². The lowest BCUT2D eigenvalue weighted by Gasteiger charge is -2.24. The number of ether oxygens (including phenoxy) is 2. The molecule has 0 radical (unpaired) electrons. The van der Waals surface area contributed by atoms with Crippen LogP contribution in [-0.4, -0.2) is 19.1 Å². The van der Waals surface area contributed by atoms with Crippen molar-refractivity contribution in [1.82, 2.24) is 5.32 Å². The summed E-state index contributed by atoms with van der Waals surface area (Å²) in [5, 5.41) is 13.1. The summed E-state index contributed by atoms with van der Waals surface area (Å²) in [6, 6.07) is 16.1. The number of hydrogen-bond acceptors (Lipinski definition) is 5. The van der Waals surface area contributed by atoms with Crippen LogP contribution in [0.4, 0.5) is 0 Å². The molecule has 6 nitrogen and oxygen atoms in total. The lowest BCUT2D eigenvalue weighted by atomic mass is 10.1. The Hall–Kier alpha value is -3.46. The van der Waals surface area contributed by atoms with Crippen molar-refractivity contribution in [3.05, 3.63) is 59.9 Å². The number of carbonyl (C=O) groups excluding carboxylic acids is 1. The SMILES string of the molecule is COc1cccc2cc(C(C)NC(=O)C(Oc3ccccc3C#N)C(C)C)oc12. The standard InChI is InChI=1S/C23H24N2O4/c1-14(2)21(28-18-10-6-5-8-17(18)13-24)23(26)25-15(3)20-12-16-9-7-11-19(27-4)22(16)29-20/h5-12,14-15,21H,1-4H3,(H,25,26). The summed E-state index contributed by atoms with van der Waals surface area (Å²) in [7, 11) is 1.59. The highest BCUT2D eigenvalue weighted by Gasteiger charge is 2.27. The number of rotatable bonds is 7. The number of nitriles is 1. The van der Waals surface area contributed by atoms with E-state index in [1.54, 1.807) is 31.4 Å². The molecule has 2 atom stereocenters. The summed E-state index contributed by atoms with van der Waals surface area (Å²) < 4.78 is 17.2. The van der Waals surface area contributed by atoms with E-state index >= 15 is 0 Å². The van der Waals surface area contributed by atoms with E-state index in [1.165, 1.54) is 0 Å². The zero-order valence-electron chi connectivity index (χ0n) is 16.9. The number of furan rings is 1. The number of nitrogens with zero attached hydrogens (tertiary/aromatic N) is 1. The Morgan fingerprint density at radius 2 is 1.83 bits per heavy atom. The van der Waals surface area contributed by atoms with Gasteiger partial charge in [-0.3, -0.25) is 4.79 Å². The van der Waals surface area contributed by atoms with Crippen molar-refractivity contribution in [2.24, 2.45) is 5.92 Å². The molecule has 29 heavy (non-hydrogen) atoms. The van der Waals surface area contributed by atoms with Crippen molar-refractivity contribution in [3.63, 3.8) is 0 Å². The molecule has 2 unspecified atom stereocenters. The van der Waals surface area contributed by atoms with E-state index in [-0.39, 0.29) is 17.9 Å². The molecule has 150 valence electrons. The van der Waals surface area contributed by atoms with E-state index in [1.807, 2.05) is 45.0 Å². The predicted octanol–water partition coefficient (Wildman–Crippen LogP) is 4.59. The fourth-order valence-corrected chi connectivity index (χ4v) is 3.09. The zero-order valence-corrected chi connectivity index (χ0v) is 16.9. The van der Waals surface area contributed by atoms with Gasteiger partial charge in [-0.15, -0.1) is 0 Å². The Kier molecular flexibility index (Phi) is 6.08. The molecule has 2 aromatic carbocycles. The van der Waals surface area contributed by atoms with E-state index in [9.17, 15) is 10.1 Å². The Balaban J connectivity index is 1.78. The fourth-order valence-electron chi connectivity index (χ4n) is 3.09. The van der Waals surface area contributed by atoms with Gasteiger partial charge in [0.15, 0.2) is 17.4 Å². The maximum absolute atomic E-state index is 12.9. The van der Waals surface area contributed by atoms with Gasteiger partial charge in [-0.2, -0.15) is 5.26 Å². The second kappa shape index (κ2) is 8.70. The first-order chi connectivity index (χ1) is 13.9. The van der Waals surface area contributed by atoms with Gasteiger partial charge in [0.05, 0.1) is 18.7 Å². The first kappa shape index (κ1) is 20.3. The van der Waals surface area contributed by atoms with Crippen molar-refractivity contribution in [2.75, 3.05) is 7.11 Å². The van der Waals surface area contributed by atoms with Crippen LogP contribution in [0.25, 0.3) is 11.0 Å². The number of methoxy groups -OCH3 is 1. The van der Waals surface area contributed by atoms with Gasteiger partial charge < -0.3 is 19.2 Å². The molecule has 0 bridgehead atoms. The summed E-state index contributed by atoms with van der Waals surface area (Å²) >= 11 is 0. The van der Waals surface area contributed by atoms with Crippen LogP contribution in [0.2, 0.25) is 0 Å². The smallest absolute Gasteiger partial charge is 0.261 e. The highest BCUT2D eigenvalue weighted by Crippen LogP contribution is 2.31. The molecule has 0 saturated carbocycles. The monoisotopic (exact) mass is 392 g/mol. The van der Waals surface area contributed by atoms with E-state index in [4.69, 9.17) is 13.9 Å². The summed E-state index contributed by atoms with van der Waals surface area (Å²) in [4.78, 5) is 12.9. The van der Waals surface area contributed by atoms with Crippen molar-refractivity contribution in [3.8, 4) is 17.6 Å². The molecule has 0 saturated heterocycles. The number of para-hydroxylation sites is 2. The lowest BCUT2D eigenvalue weighted by Crippen LogP contribution is -2.42. The molecule has 1 aromatic heterocycles. The first-order valence-corrected chi connectivity index (χ1v) is 9.47. The second-order valence-electron chi connectivity index (χ2n) is 7.15. The average molecular weight is 392 g/mol. The van der Waals surface area contributed by atoms with Crippen molar-refractivity contribution in [2.45, 2.75) is 32.9 Å². The van der Waals surface area contributed by atoms with Crippen LogP contribution in [0.3, 0.4) is 0 Å². The topological polar surface area (TPSA) is 84.5 Å². The minimum absolute atomic E-state index is 0.0929. The molecular weight excluding hydrogens is 368 g/mol. The van der Waals surface area contributed by atoms with Gasteiger partial charge in [-0.25, -0.2) is 0 Å². The Labute approximate surface area is 170 Å². The molecule has 3 aromatic rings. The van der Waals surface area contributed by atoms with Crippen LogP contribution in [0.1, 0.15) is 38.1 Å². The van der Waals surface area contributed by atoms with Crippen molar-refractivity contribution in [1.29, 1.82) is 5.26 Å². The molecular formula is C23H24N2O4. The van der Waals surface area contributed by atoms with E-state index < -0.39 is 6.10 Å². The molecule has 0 fully saturated rings. The molecule has 0 aliphatic carbocycles. The lowest BCUT2D eigenvalue weighted by molar-refractivity contribution is -0.130. The van der Waals surface area contributed by atoms with E-state index in [2.05, 4.69) is 11.4 Å². The summed E-state index contributed by atoms with van der Waals surface area (Å²) in [6.45, 7) is 5.65. The minimum atomic E-state index is -0.745. The van der Waals surface area contributed by atoms with Gasteiger partial charge in [0.25, 0.3) is 5.91 Å². The van der Waals surface area contributed by atoms with Gasteiger partial charge in [-0.1, -0.05) is 38.1 Å². The molecule has 6 heteroatoms. The number of nitrogens with one attached hydrogen (secondary N) is 1. The van der Waals surface area contributed by atoms with Gasteiger partial charge in [-0.05, 0) is 37.1 Å².